The van der Waals surface area contributed by atoms with Crippen LogP contribution in [-0.2, 0) is 10.0 Å². The molecule has 1 unspecified atom stereocenters. The van der Waals surface area contributed by atoms with Gasteiger partial charge in [-0.1, -0.05) is 36.4 Å². The zero-order valence-corrected chi connectivity index (χ0v) is 15.8. The maximum Gasteiger partial charge on any atom is 0.272 e. The number of rotatable bonds is 3. The van der Waals surface area contributed by atoms with Gasteiger partial charge >= 0.3 is 0 Å². The summed E-state index contributed by atoms with van der Waals surface area (Å²) in [5, 5.41) is 10.3. The van der Waals surface area contributed by atoms with Gasteiger partial charge in [0.05, 0.1) is 33.9 Å². The number of nitrogens with zero attached hydrogens (tertiary/aromatic N) is 2. The lowest BCUT2D eigenvalue weighted by atomic mass is 9.97. The number of phenolic OH excluding ortho intramolecular Hbond substituents is 1. The molecular formula is C21H15N3O4S. The van der Waals surface area contributed by atoms with Crippen LogP contribution in [0.4, 0.5) is 0 Å². The highest BCUT2D eigenvalue weighted by molar-refractivity contribution is 7.89. The van der Waals surface area contributed by atoms with Crippen molar-refractivity contribution in [3.8, 4) is 5.75 Å². The molecule has 1 aromatic heterocycles. The first-order chi connectivity index (χ1) is 14.0. The second kappa shape index (κ2) is 6.18. The molecule has 8 heteroatoms. The van der Waals surface area contributed by atoms with Crippen molar-refractivity contribution < 1.29 is 18.3 Å². The Labute approximate surface area is 166 Å². The lowest BCUT2D eigenvalue weighted by Gasteiger charge is -2.25. The van der Waals surface area contributed by atoms with Crippen LogP contribution in [0.15, 0.2) is 78.0 Å². The number of aromatic hydroxyl groups is 1. The van der Waals surface area contributed by atoms with Crippen molar-refractivity contribution in [3.63, 3.8) is 0 Å². The minimum atomic E-state index is -4.16. The Balaban J connectivity index is 1.76. The molecule has 4 aromatic rings. The molecule has 7 nitrogen and oxygen atoms in total. The van der Waals surface area contributed by atoms with Gasteiger partial charge in [-0.25, -0.2) is 17.7 Å². The van der Waals surface area contributed by atoms with Crippen LogP contribution in [0.1, 0.15) is 27.5 Å². The molecule has 2 heterocycles. The van der Waals surface area contributed by atoms with Crippen molar-refractivity contribution in [2.45, 2.75) is 10.9 Å². The van der Waals surface area contributed by atoms with Gasteiger partial charge in [0, 0.05) is 0 Å². The van der Waals surface area contributed by atoms with E-state index in [1.54, 1.807) is 54.9 Å². The van der Waals surface area contributed by atoms with Crippen molar-refractivity contribution in [1.29, 1.82) is 0 Å². The van der Waals surface area contributed by atoms with E-state index in [-0.39, 0.29) is 16.2 Å². The van der Waals surface area contributed by atoms with E-state index in [4.69, 9.17) is 0 Å². The van der Waals surface area contributed by atoms with E-state index in [9.17, 15) is 18.3 Å². The van der Waals surface area contributed by atoms with Crippen LogP contribution < -0.4 is 0 Å². The molecule has 1 atom stereocenters. The van der Waals surface area contributed by atoms with E-state index >= 15 is 0 Å². The summed E-state index contributed by atoms with van der Waals surface area (Å²) in [6.07, 6.45) is 1.55. The maximum atomic E-state index is 13.4. The second-order valence-electron chi connectivity index (χ2n) is 6.74. The number of aromatic nitrogens is 2. The number of phenols is 1. The molecule has 0 radical (unpaired) electrons. The van der Waals surface area contributed by atoms with E-state index in [1.807, 2.05) is 0 Å². The van der Waals surface area contributed by atoms with Gasteiger partial charge in [-0.3, -0.25) is 4.79 Å². The lowest BCUT2D eigenvalue weighted by molar-refractivity contribution is 0.0863. The number of hydrogen-bond donors (Lipinski definition) is 2. The van der Waals surface area contributed by atoms with E-state index in [0.717, 1.165) is 15.3 Å². The molecule has 0 spiro atoms. The van der Waals surface area contributed by atoms with Crippen LogP contribution in [-0.4, -0.2) is 33.7 Å². The van der Waals surface area contributed by atoms with E-state index in [2.05, 4.69) is 9.97 Å². The third-order valence-electron chi connectivity index (χ3n) is 5.08. The Bertz CT molecular complexity index is 1360. The number of benzene rings is 3. The minimum Gasteiger partial charge on any atom is -0.507 e. The zero-order chi connectivity index (χ0) is 20.2. The van der Waals surface area contributed by atoms with Gasteiger partial charge in [0.2, 0.25) is 0 Å². The number of amides is 1. The first-order valence-corrected chi connectivity index (χ1v) is 10.3. The Hall–Kier alpha value is -3.65. The molecule has 1 aliphatic heterocycles. The normalized spacial score (nSPS) is 16.3. The minimum absolute atomic E-state index is 0.00159. The number of carbonyl (C=O) groups excluding carboxylic acids is 1. The standard InChI is InChI=1S/C21H15N3O4S/c25-18-8-4-7-15-19(18)21(26)24(29(27,28)14-5-2-1-3-6-14)20(15)13-9-10-16-17(11-13)23-12-22-16/h1-12,20,25H,(H,22,23). The van der Waals surface area contributed by atoms with Crippen molar-refractivity contribution in [3.05, 3.63) is 89.7 Å². The van der Waals surface area contributed by atoms with Gasteiger partial charge in [-0.2, -0.15) is 0 Å². The molecule has 29 heavy (non-hydrogen) atoms. The van der Waals surface area contributed by atoms with Gasteiger partial charge in [-0.05, 0) is 41.5 Å². The molecule has 0 aliphatic carbocycles. The van der Waals surface area contributed by atoms with Crippen LogP contribution in [0.5, 0.6) is 5.75 Å². The molecule has 1 amide bonds. The number of nitrogens with one attached hydrogen (secondary N) is 1. The number of carbonyl (C=O) groups is 1. The fraction of sp³-hybridized carbons (Fsp3) is 0.0476. The predicted octanol–water partition coefficient (Wildman–Crippen LogP) is 3.20. The number of sulfonamides is 1. The van der Waals surface area contributed by atoms with E-state index < -0.39 is 22.0 Å². The van der Waals surface area contributed by atoms with E-state index in [1.165, 1.54) is 18.2 Å². The van der Waals surface area contributed by atoms with Crippen LogP contribution in [0, 0.1) is 0 Å². The zero-order valence-electron chi connectivity index (χ0n) is 15.0. The highest BCUT2D eigenvalue weighted by Crippen LogP contribution is 2.45. The molecule has 5 rings (SSSR count). The molecule has 0 fully saturated rings. The average Bonchev–Trinajstić information content (AvgIpc) is 3.31. The summed E-state index contributed by atoms with van der Waals surface area (Å²) in [5.41, 5.74) is 2.49. The number of hydrogen-bond acceptors (Lipinski definition) is 5. The Morgan fingerprint density at radius 3 is 2.59 bits per heavy atom. The smallest absolute Gasteiger partial charge is 0.272 e. The SMILES string of the molecule is O=C1c2c(O)cccc2C(c2ccc3nc[nH]c3c2)N1S(=O)(=O)c1ccccc1. The monoisotopic (exact) mass is 405 g/mol. The van der Waals surface area contributed by atoms with Crippen molar-refractivity contribution >= 4 is 27.0 Å². The fourth-order valence-corrected chi connectivity index (χ4v) is 5.31. The quantitative estimate of drug-likeness (QED) is 0.545. The average molecular weight is 405 g/mol. The highest BCUT2D eigenvalue weighted by Gasteiger charge is 2.46. The highest BCUT2D eigenvalue weighted by atomic mass is 32.2. The molecule has 2 N–H and O–H groups in total. The maximum absolute atomic E-state index is 13.4. The van der Waals surface area contributed by atoms with Crippen LogP contribution in [0.25, 0.3) is 11.0 Å². The van der Waals surface area contributed by atoms with E-state index in [0.29, 0.717) is 11.1 Å². The molecule has 1 aliphatic rings. The van der Waals surface area contributed by atoms with Gasteiger partial charge in [-0.15, -0.1) is 0 Å². The summed E-state index contributed by atoms with van der Waals surface area (Å²) in [4.78, 5) is 20.4. The second-order valence-corrected chi connectivity index (χ2v) is 8.56. The lowest BCUT2D eigenvalue weighted by Crippen LogP contribution is -2.35. The Kier molecular flexibility index (Phi) is 3.72. The van der Waals surface area contributed by atoms with Crippen molar-refractivity contribution in [1.82, 2.24) is 14.3 Å². The molecule has 3 aromatic carbocycles. The first kappa shape index (κ1) is 17.4. The number of imidazole rings is 1. The Morgan fingerprint density at radius 2 is 1.79 bits per heavy atom. The fourth-order valence-electron chi connectivity index (χ4n) is 3.76. The number of fused-ring (bicyclic) bond motifs is 2. The summed E-state index contributed by atoms with van der Waals surface area (Å²) >= 11 is 0. The molecule has 0 bridgehead atoms. The summed E-state index contributed by atoms with van der Waals surface area (Å²) < 4.78 is 27.7. The molecule has 0 saturated carbocycles. The molecule has 0 saturated heterocycles. The van der Waals surface area contributed by atoms with Crippen LogP contribution in [0.3, 0.4) is 0 Å². The summed E-state index contributed by atoms with van der Waals surface area (Å²) in [5.74, 6) is -0.998. The van der Waals surface area contributed by atoms with Gasteiger partial charge < -0.3 is 10.1 Å². The topological polar surface area (TPSA) is 103 Å². The van der Waals surface area contributed by atoms with Gasteiger partial charge in [0.15, 0.2) is 0 Å². The summed E-state index contributed by atoms with van der Waals surface area (Å²) in [6, 6.07) is 16.8. The summed E-state index contributed by atoms with van der Waals surface area (Å²) in [7, 11) is -4.16. The van der Waals surface area contributed by atoms with Crippen molar-refractivity contribution in [2.24, 2.45) is 0 Å². The predicted molar refractivity (Wildman–Crippen MR) is 106 cm³/mol. The number of H-pyrrole nitrogens is 1. The number of aromatic amines is 1. The summed E-state index contributed by atoms with van der Waals surface area (Å²) in [6.45, 7) is 0. The Morgan fingerprint density at radius 1 is 1.00 bits per heavy atom. The molecule has 144 valence electrons. The van der Waals surface area contributed by atoms with Crippen molar-refractivity contribution in [2.75, 3.05) is 0 Å². The van der Waals surface area contributed by atoms with Crippen LogP contribution in [0.2, 0.25) is 0 Å². The third-order valence-corrected chi connectivity index (χ3v) is 6.84. The first-order valence-electron chi connectivity index (χ1n) is 8.87. The van der Waals surface area contributed by atoms with Crippen LogP contribution >= 0.6 is 0 Å². The molecular weight excluding hydrogens is 390 g/mol. The van der Waals surface area contributed by atoms with Gasteiger partial charge in [0.1, 0.15) is 5.75 Å². The van der Waals surface area contributed by atoms with Gasteiger partial charge in [0.25, 0.3) is 15.9 Å². The largest absolute Gasteiger partial charge is 0.507 e. The third kappa shape index (κ3) is 2.53.